The highest BCUT2D eigenvalue weighted by atomic mass is 16.7. The molecule has 0 aliphatic carbocycles. The maximum atomic E-state index is 12.4. The summed E-state index contributed by atoms with van der Waals surface area (Å²) in [5, 5.41) is 0. The van der Waals surface area contributed by atoms with Crippen LogP contribution in [0.5, 0.6) is 0 Å². The van der Waals surface area contributed by atoms with Crippen molar-refractivity contribution >= 4 is 11.9 Å². The van der Waals surface area contributed by atoms with Gasteiger partial charge in [0.15, 0.2) is 5.79 Å². The zero-order chi connectivity index (χ0) is 38.8. The zero-order valence-corrected chi connectivity index (χ0v) is 35.1. The van der Waals surface area contributed by atoms with Crippen molar-refractivity contribution in [1.82, 2.24) is 4.90 Å². The number of unbranched alkanes of at least 4 members (excludes halogenated alkanes) is 12. The van der Waals surface area contributed by atoms with Crippen LogP contribution >= 0.6 is 0 Å². The third kappa shape index (κ3) is 26.4. The molecule has 0 amide bonds. The standard InChI is InChI=1S/C46H81NO6/c1-7-12-21-28-41(6)33-37-50-44(48)31-24-17-15-19-26-35-46(52-40-43(53-46)39-47(10-4)11-5)36-27-20-16-18-25-32-45(49)51-38-34-42(29-22-13-8-2)30-23-14-9-3/h29,41-43H,2,7,9-12,14-21,23-28,30-40H2,1,3-6H3. The van der Waals surface area contributed by atoms with Crippen LogP contribution in [-0.4, -0.2) is 68.2 Å². The monoisotopic (exact) mass is 744 g/mol. The van der Waals surface area contributed by atoms with Gasteiger partial charge in [-0.1, -0.05) is 130 Å². The molecule has 306 valence electrons. The number of carbonyl (C=O) groups excluding carboxylic acids is 2. The summed E-state index contributed by atoms with van der Waals surface area (Å²) < 4.78 is 24.2. The first-order chi connectivity index (χ1) is 25.8. The first-order valence-electron chi connectivity index (χ1n) is 22.0. The van der Waals surface area contributed by atoms with E-state index in [0.717, 1.165) is 116 Å². The zero-order valence-electron chi connectivity index (χ0n) is 35.1. The molecule has 0 saturated carbocycles. The molecule has 1 saturated heterocycles. The lowest BCUT2D eigenvalue weighted by atomic mass is 9.98. The minimum Gasteiger partial charge on any atom is -0.466 e. The number of nitrogens with zero attached hydrogens (tertiary/aromatic N) is 1. The van der Waals surface area contributed by atoms with Gasteiger partial charge in [0, 0.05) is 32.2 Å². The quantitative estimate of drug-likeness (QED) is 0.0363. The maximum Gasteiger partial charge on any atom is 0.305 e. The smallest absolute Gasteiger partial charge is 0.305 e. The highest BCUT2D eigenvalue weighted by Crippen LogP contribution is 2.35. The molecule has 1 aliphatic heterocycles. The molecule has 0 aromatic heterocycles. The highest BCUT2D eigenvalue weighted by Gasteiger charge is 2.40. The Hall–Kier alpha value is -2.10. The van der Waals surface area contributed by atoms with Crippen molar-refractivity contribution in [1.29, 1.82) is 0 Å². The van der Waals surface area contributed by atoms with Crippen molar-refractivity contribution in [2.75, 3.05) is 39.5 Å². The van der Waals surface area contributed by atoms with Crippen LogP contribution in [0.3, 0.4) is 0 Å². The van der Waals surface area contributed by atoms with Gasteiger partial charge in [-0.25, -0.2) is 0 Å². The fourth-order valence-corrected chi connectivity index (χ4v) is 7.16. The Balaban J connectivity index is 2.34. The summed E-state index contributed by atoms with van der Waals surface area (Å²) >= 11 is 0. The van der Waals surface area contributed by atoms with Crippen LogP contribution in [0.4, 0.5) is 0 Å². The van der Waals surface area contributed by atoms with E-state index >= 15 is 0 Å². The lowest BCUT2D eigenvalue weighted by molar-refractivity contribution is -0.180. The molecule has 7 heteroatoms. The molecule has 53 heavy (non-hydrogen) atoms. The molecule has 0 N–H and O–H groups in total. The van der Waals surface area contributed by atoms with Crippen LogP contribution in [0.25, 0.3) is 0 Å². The molecule has 1 rings (SSSR count). The van der Waals surface area contributed by atoms with Gasteiger partial charge >= 0.3 is 11.9 Å². The Bertz CT molecular complexity index is 1040. The van der Waals surface area contributed by atoms with Gasteiger partial charge in [-0.3, -0.25) is 9.59 Å². The molecule has 0 spiro atoms. The second-order valence-corrected chi connectivity index (χ2v) is 15.5. The third-order valence-electron chi connectivity index (χ3n) is 10.7. The number of allylic oxidation sites excluding steroid dienone is 1. The summed E-state index contributed by atoms with van der Waals surface area (Å²) in [7, 11) is 0. The van der Waals surface area contributed by atoms with Crippen LogP contribution in [0.2, 0.25) is 0 Å². The van der Waals surface area contributed by atoms with E-state index in [9.17, 15) is 9.59 Å². The third-order valence-corrected chi connectivity index (χ3v) is 10.7. The Morgan fingerprint density at radius 2 is 1.30 bits per heavy atom. The van der Waals surface area contributed by atoms with Crippen LogP contribution in [-0.2, 0) is 28.5 Å². The van der Waals surface area contributed by atoms with Gasteiger partial charge in [0.1, 0.15) is 0 Å². The van der Waals surface area contributed by atoms with Gasteiger partial charge in [0.25, 0.3) is 0 Å². The van der Waals surface area contributed by atoms with Gasteiger partial charge in [-0.05, 0) is 88.3 Å². The lowest BCUT2D eigenvalue weighted by Gasteiger charge is -2.29. The van der Waals surface area contributed by atoms with Gasteiger partial charge in [0.2, 0.25) is 0 Å². The number of ether oxygens (including phenoxy) is 4. The van der Waals surface area contributed by atoms with Crippen molar-refractivity contribution in [2.45, 2.75) is 201 Å². The van der Waals surface area contributed by atoms with Crippen molar-refractivity contribution in [3.05, 3.63) is 29.8 Å². The predicted octanol–water partition coefficient (Wildman–Crippen LogP) is 11.8. The second-order valence-electron chi connectivity index (χ2n) is 15.5. The van der Waals surface area contributed by atoms with Crippen molar-refractivity contribution in [2.24, 2.45) is 11.8 Å². The number of hydrogen-bond acceptors (Lipinski definition) is 7. The van der Waals surface area contributed by atoms with E-state index in [-0.39, 0.29) is 18.0 Å². The SMILES string of the molecule is C=C=C=C=CC(CCCCC)CCOC(=O)CCCCCCCC1(CCCCCCCC(=O)OCCC(C)CCCCC)OCC(CN(CC)CC)O1. The van der Waals surface area contributed by atoms with Crippen molar-refractivity contribution in [3.63, 3.8) is 0 Å². The first kappa shape index (κ1) is 48.9. The van der Waals surface area contributed by atoms with Crippen LogP contribution in [0.1, 0.15) is 189 Å². The van der Waals surface area contributed by atoms with Crippen LogP contribution in [0.15, 0.2) is 29.8 Å². The first-order valence-corrected chi connectivity index (χ1v) is 22.0. The van der Waals surface area contributed by atoms with E-state index in [1.807, 2.05) is 6.08 Å². The fraction of sp³-hybridized carbons (Fsp3) is 0.848. The minimum atomic E-state index is -0.486. The number of esters is 2. The molecule has 0 bridgehead atoms. The molecule has 0 aromatic rings. The maximum absolute atomic E-state index is 12.4. The van der Waals surface area contributed by atoms with Gasteiger partial charge < -0.3 is 23.8 Å². The normalized spacial score (nSPS) is 17.9. The number of carbonyl (C=O) groups is 2. The fourth-order valence-electron chi connectivity index (χ4n) is 7.16. The molecule has 0 aromatic carbocycles. The van der Waals surface area contributed by atoms with E-state index in [1.54, 1.807) is 0 Å². The van der Waals surface area contributed by atoms with E-state index in [1.165, 1.54) is 44.9 Å². The Labute approximate surface area is 326 Å². The summed E-state index contributed by atoms with van der Waals surface area (Å²) in [6.45, 7) is 19.3. The summed E-state index contributed by atoms with van der Waals surface area (Å²) in [6.07, 6.45) is 26.9. The van der Waals surface area contributed by atoms with E-state index in [2.05, 4.69) is 63.3 Å². The van der Waals surface area contributed by atoms with Crippen LogP contribution in [0, 0.1) is 11.8 Å². The summed E-state index contributed by atoms with van der Waals surface area (Å²) in [5.74, 6) is 0.345. The largest absolute Gasteiger partial charge is 0.466 e. The molecule has 0 radical (unpaired) electrons. The summed E-state index contributed by atoms with van der Waals surface area (Å²) in [5.41, 5.74) is 8.39. The Morgan fingerprint density at radius 3 is 1.87 bits per heavy atom. The average Bonchev–Trinajstić information content (AvgIpc) is 3.55. The number of rotatable bonds is 35. The summed E-state index contributed by atoms with van der Waals surface area (Å²) in [6, 6.07) is 0. The lowest BCUT2D eigenvalue weighted by Crippen LogP contribution is -2.36. The van der Waals surface area contributed by atoms with Crippen molar-refractivity contribution in [3.8, 4) is 0 Å². The van der Waals surface area contributed by atoms with E-state index in [0.29, 0.717) is 44.5 Å². The van der Waals surface area contributed by atoms with Crippen LogP contribution < -0.4 is 0 Å². The molecule has 4 atom stereocenters. The second kappa shape index (κ2) is 33.3. The molecule has 1 heterocycles. The molecule has 1 aliphatic rings. The number of hydrogen-bond donors (Lipinski definition) is 0. The highest BCUT2D eigenvalue weighted by molar-refractivity contribution is 5.69. The average molecular weight is 744 g/mol. The van der Waals surface area contributed by atoms with Gasteiger partial charge in [0.05, 0.1) is 25.9 Å². The molecular formula is C46H81NO6. The molecule has 4 unspecified atom stereocenters. The predicted molar refractivity (Wildman–Crippen MR) is 219 cm³/mol. The van der Waals surface area contributed by atoms with Gasteiger partial charge in [-0.15, -0.1) is 0 Å². The van der Waals surface area contributed by atoms with Gasteiger partial charge in [-0.2, -0.15) is 0 Å². The molecular weight excluding hydrogens is 663 g/mol. The van der Waals surface area contributed by atoms with E-state index < -0.39 is 5.79 Å². The molecule has 7 nitrogen and oxygen atoms in total. The number of likely N-dealkylation sites (N-methyl/N-ethyl adjacent to an activating group) is 1. The van der Waals surface area contributed by atoms with E-state index in [4.69, 9.17) is 18.9 Å². The Morgan fingerprint density at radius 1 is 0.755 bits per heavy atom. The summed E-state index contributed by atoms with van der Waals surface area (Å²) in [4.78, 5) is 27.0. The molecule has 1 fully saturated rings. The topological polar surface area (TPSA) is 74.3 Å². The van der Waals surface area contributed by atoms with Crippen molar-refractivity contribution < 1.29 is 28.5 Å². The Kier molecular flexibility index (Phi) is 30.7. The minimum absolute atomic E-state index is 0.0435.